The molecule has 0 saturated carbocycles. The number of anilines is 2. The molecule has 1 aliphatic heterocycles. The van der Waals surface area contributed by atoms with Crippen LogP contribution < -0.4 is 11.1 Å². The molecule has 4 aromatic carbocycles. The summed E-state index contributed by atoms with van der Waals surface area (Å²) in [5.41, 5.74) is 9.99. The average molecular weight is 568 g/mol. The van der Waals surface area contributed by atoms with Crippen molar-refractivity contribution in [1.82, 2.24) is 14.7 Å². The first-order valence-electron chi connectivity index (χ1n) is 13.7. The van der Waals surface area contributed by atoms with Gasteiger partial charge in [-0.2, -0.15) is 4.68 Å². The van der Waals surface area contributed by atoms with E-state index in [2.05, 4.69) is 15.3 Å². The minimum atomic E-state index is -0.590. The van der Waals surface area contributed by atoms with E-state index >= 15 is 0 Å². The van der Waals surface area contributed by atoms with Crippen molar-refractivity contribution in [3.05, 3.63) is 89.7 Å². The van der Waals surface area contributed by atoms with Gasteiger partial charge in [-0.3, -0.25) is 9.69 Å². The highest BCUT2D eigenvalue weighted by Crippen LogP contribution is 2.35. The van der Waals surface area contributed by atoms with Crippen molar-refractivity contribution >= 4 is 45.2 Å². The Morgan fingerprint density at radius 2 is 1.86 bits per heavy atom. The van der Waals surface area contributed by atoms with Gasteiger partial charge in [0.2, 0.25) is 0 Å². The van der Waals surface area contributed by atoms with E-state index in [0.29, 0.717) is 47.5 Å². The second kappa shape index (κ2) is 11.6. The molecule has 0 spiro atoms. The molecule has 1 aliphatic rings. The van der Waals surface area contributed by atoms with Crippen LogP contribution >= 0.6 is 0 Å². The van der Waals surface area contributed by atoms with Crippen molar-refractivity contribution in [3.63, 3.8) is 0 Å². The fourth-order valence-corrected chi connectivity index (χ4v) is 5.30. The topological polar surface area (TPSA) is 112 Å². The van der Waals surface area contributed by atoms with Crippen LogP contribution in [0.4, 0.5) is 20.7 Å². The number of nitrogens with zero attached hydrogens (tertiary/aromatic N) is 3. The maximum absolute atomic E-state index is 13.7. The van der Waals surface area contributed by atoms with Crippen LogP contribution in [-0.4, -0.2) is 66.1 Å². The lowest BCUT2D eigenvalue weighted by molar-refractivity contribution is 0.0281. The van der Waals surface area contributed by atoms with Crippen molar-refractivity contribution in [2.75, 3.05) is 50.5 Å². The van der Waals surface area contributed by atoms with Crippen molar-refractivity contribution in [1.29, 1.82) is 0 Å². The summed E-state index contributed by atoms with van der Waals surface area (Å²) in [5, 5.41) is 9.41. The van der Waals surface area contributed by atoms with Gasteiger partial charge in [0.15, 0.2) is 5.82 Å². The first kappa shape index (κ1) is 27.4. The van der Waals surface area contributed by atoms with Gasteiger partial charge in [-0.05, 0) is 70.8 Å². The van der Waals surface area contributed by atoms with E-state index in [9.17, 15) is 14.0 Å². The molecule has 0 radical (unpaired) electrons. The van der Waals surface area contributed by atoms with E-state index in [4.69, 9.17) is 15.2 Å². The molecule has 214 valence electrons. The summed E-state index contributed by atoms with van der Waals surface area (Å²) in [4.78, 5) is 28.3. The summed E-state index contributed by atoms with van der Waals surface area (Å²) in [5.74, 6) is -0.403. The number of morpholine rings is 1. The Bertz CT molecular complexity index is 1810. The number of fused-ring (bicyclic) bond motifs is 2. The van der Waals surface area contributed by atoms with Gasteiger partial charge in [0.1, 0.15) is 12.4 Å². The molecule has 1 amide bonds. The minimum Gasteiger partial charge on any atom is -0.447 e. The highest BCUT2D eigenvalue weighted by Gasteiger charge is 2.20. The van der Waals surface area contributed by atoms with Crippen LogP contribution in [0.3, 0.4) is 0 Å². The van der Waals surface area contributed by atoms with Crippen LogP contribution in [-0.2, 0) is 9.47 Å². The predicted octanol–water partition coefficient (Wildman–Crippen LogP) is 5.46. The number of hydrogen-bond acceptors (Lipinski definition) is 7. The number of aryl methyl sites for hydroxylation is 1. The molecule has 0 unspecified atom stereocenters. The fourth-order valence-electron chi connectivity index (χ4n) is 5.30. The van der Waals surface area contributed by atoms with Gasteiger partial charge in [0.05, 0.1) is 24.1 Å². The Balaban J connectivity index is 1.26. The van der Waals surface area contributed by atoms with Crippen LogP contribution in [0, 0.1) is 12.7 Å². The van der Waals surface area contributed by atoms with Crippen LogP contribution in [0.15, 0.2) is 72.8 Å². The highest BCUT2D eigenvalue weighted by atomic mass is 19.1. The molecule has 2 heterocycles. The average Bonchev–Trinajstić information content (AvgIpc) is 3.35. The smallest absolute Gasteiger partial charge is 0.435 e. The van der Waals surface area contributed by atoms with Crippen molar-refractivity contribution in [2.45, 2.75) is 6.92 Å². The zero-order valence-electron chi connectivity index (χ0n) is 23.1. The predicted molar refractivity (Wildman–Crippen MR) is 160 cm³/mol. The number of aromatic nitrogens is 2. The largest absolute Gasteiger partial charge is 0.447 e. The van der Waals surface area contributed by atoms with E-state index in [1.165, 1.54) is 16.8 Å². The third kappa shape index (κ3) is 5.41. The molecule has 10 heteroatoms. The standard InChI is InChI=1S/C32H30FN5O4/c1-20-18-23(9-11-27(20)33)35-31(39)26-6-2-4-21-19-22(8-10-24(21)26)25-5-3-7-28-29(25)30(34)36-38(28)32(40)42-17-14-37-12-15-41-16-13-37/h2-11,18-19H,12-17H2,1H3,(H2,34,36)(H,35,39). The summed E-state index contributed by atoms with van der Waals surface area (Å²) in [7, 11) is 0. The number of ether oxygens (including phenoxy) is 2. The molecular formula is C32H30FN5O4. The van der Waals surface area contributed by atoms with E-state index < -0.39 is 6.09 Å². The van der Waals surface area contributed by atoms with Crippen molar-refractivity contribution < 1.29 is 23.5 Å². The summed E-state index contributed by atoms with van der Waals surface area (Å²) < 4.78 is 25.7. The molecule has 6 rings (SSSR count). The maximum atomic E-state index is 13.7. The van der Waals surface area contributed by atoms with Gasteiger partial charge >= 0.3 is 6.09 Å². The summed E-state index contributed by atoms with van der Waals surface area (Å²) >= 11 is 0. The van der Waals surface area contributed by atoms with Gasteiger partial charge < -0.3 is 20.5 Å². The maximum Gasteiger partial charge on any atom is 0.435 e. The number of nitrogens with two attached hydrogens (primary N) is 1. The molecule has 0 aliphatic carbocycles. The number of benzene rings is 4. The van der Waals surface area contributed by atoms with E-state index in [-0.39, 0.29) is 24.1 Å². The summed E-state index contributed by atoms with van der Waals surface area (Å²) in [6.45, 7) is 5.48. The number of nitrogens with one attached hydrogen (secondary N) is 1. The number of amides is 1. The third-order valence-electron chi connectivity index (χ3n) is 7.50. The third-order valence-corrected chi connectivity index (χ3v) is 7.50. The molecule has 42 heavy (non-hydrogen) atoms. The molecule has 1 fully saturated rings. The van der Waals surface area contributed by atoms with Crippen molar-refractivity contribution in [3.8, 4) is 11.1 Å². The lowest BCUT2D eigenvalue weighted by Crippen LogP contribution is -2.38. The van der Waals surface area contributed by atoms with Gasteiger partial charge in [0.25, 0.3) is 5.91 Å². The molecule has 3 N–H and O–H groups in total. The van der Waals surface area contributed by atoms with E-state index in [1.807, 2.05) is 42.5 Å². The lowest BCUT2D eigenvalue weighted by Gasteiger charge is -2.26. The highest BCUT2D eigenvalue weighted by molar-refractivity contribution is 6.14. The lowest BCUT2D eigenvalue weighted by atomic mass is 9.96. The Kier molecular flexibility index (Phi) is 7.56. The molecule has 1 saturated heterocycles. The number of halogens is 1. The number of rotatable bonds is 6. The molecule has 0 atom stereocenters. The van der Waals surface area contributed by atoms with Crippen LogP contribution in [0.2, 0.25) is 0 Å². The monoisotopic (exact) mass is 567 g/mol. The Labute approximate surface area is 241 Å². The second-order valence-electron chi connectivity index (χ2n) is 10.2. The fraction of sp³-hybridized carbons (Fsp3) is 0.219. The van der Waals surface area contributed by atoms with Gasteiger partial charge in [-0.1, -0.05) is 36.4 Å². The number of hydrogen-bond donors (Lipinski definition) is 2. The molecule has 1 aromatic heterocycles. The quantitative estimate of drug-likeness (QED) is 0.280. The second-order valence-corrected chi connectivity index (χ2v) is 10.2. The first-order valence-corrected chi connectivity index (χ1v) is 13.7. The Morgan fingerprint density at radius 1 is 1.05 bits per heavy atom. The normalized spacial score (nSPS) is 13.9. The van der Waals surface area contributed by atoms with E-state index in [0.717, 1.165) is 35.0 Å². The summed E-state index contributed by atoms with van der Waals surface area (Å²) in [6.07, 6.45) is -0.590. The van der Waals surface area contributed by atoms with Gasteiger partial charge in [-0.15, -0.1) is 5.10 Å². The Morgan fingerprint density at radius 3 is 2.67 bits per heavy atom. The summed E-state index contributed by atoms with van der Waals surface area (Å²) in [6, 6.07) is 21.3. The van der Waals surface area contributed by atoms with Gasteiger partial charge in [0, 0.05) is 30.9 Å². The number of nitrogen functional groups attached to an aromatic ring is 1. The van der Waals surface area contributed by atoms with Crippen LogP contribution in [0.1, 0.15) is 15.9 Å². The molecule has 0 bridgehead atoms. The number of carbonyl (C=O) groups is 2. The number of carbonyl (C=O) groups excluding carboxylic acids is 2. The Hall–Kier alpha value is -4.80. The molecular weight excluding hydrogens is 537 g/mol. The van der Waals surface area contributed by atoms with Crippen LogP contribution in [0.5, 0.6) is 0 Å². The molecule has 9 nitrogen and oxygen atoms in total. The minimum absolute atomic E-state index is 0.216. The first-order chi connectivity index (χ1) is 20.4. The zero-order chi connectivity index (χ0) is 29.2. The van der Waals surface area contributed by atoms with Crippen LogP contribution in [0.25, 0.3) is 32.8 Å². The van der Waals surface area contributed by atoms with E-state index in [1.54, 1.807) is 25.1 Å². The molecule has 5 aromatic rings. The zero-order valence-corrected chi connectivity index (χ0v) is 23.1. The SMILES string of the molecule is Cc1cc(NC(=O)c2cccc3cc(-c4cccc5c4c(N)nn5C(=O)OCCN4CCOCC4)ccc23)ccc1F. The van der Waals surface area contributed by atoms with Crippen molar-refractivity contribution in [2.24, 2.45) is 0 Å². The van der Waals surface area contributed by atoms with Gasteiger partial charge in [-0.25, -0.2) is 9.18 Å².